The van der Waals surface area contributed by atoms with E-state index in [0.717, 1.165) is 16.9 Å². The van der Waals surface area contributed by atoms with Crippen LogP contribution in [0.5, 0.6) is 5.75 Å². The normalized spacial score (nSPS) is 19.7. The summed E-state index contributed by atoms with van der Waals surface area (Å²) in [7, 11) is -4.11. The van der Waals surface area contributed by atoms with Gasteiger partial charge in [-0.1, -0.05) is 12.1 Å². The minimum Gasteiger partial charge on any atom is -0.464 e. The summed E-state index contributed by atoms with van der Waals surface area (Å²) in [6, 6.07) is 6.00. The Hall–Kier alpha value is -1.15. The molecule has 2 rings (SSSR count). The molecule has 0 aromatic heterocycles. The molecule has 1 aromatic carbocycles. The van der Waals surface area contributed by atoms with E-state index in [1.807, 2.05) is 26.0 Å². The number of hydrogen-bond acceptors (Lipinski definition) is 4. The van der Waals surface area contributed by atoms with Crippen molar-refractivity contribution in [2.75, 3.05) is 6.54 Å². The van der Waals surface area contributed by atoms with E-state index in [0.29, 0.717) is 12.8 Å². The van der Waals surface area contributed by atoms with Gasteiger partial charge in [-0.15, -0.1) is 0 Å². The summed E-state index contributed by atoms with van der Waals surface area (Å²) in [4.78, 5) is 0. The third kappa shape index (κ3) is 4.67. The first kappa shape index (κ1) is 18.2. The summed E-state index contributed by atoms with van der Waals surface area (Å²) in [6.07, 6.45) is 1.08. The first-order valence-electron chi connectivity index (χ1n) is 7.77. The van der Waals surface area contributed by atoms with Crippen molar-refractivity contribution in [3.8, 4) is 5.75 Å². The van der Waals surface area contributed by atoms with E-state index in [1.165, 1.54) is 0 Å². The number of fused-ring (bicyclic) bond motifs is 1. The smallest absolute Gasteiger partial charge is 0.333 e. The fourth-order valence-corrected chi connectivity index (χ4v) is 3.07. The first-order chi connectivity index (χ1) is 10.6. The standard InChI is InChI=1S/C16H25NO5S/c1-11(2)21-15-16(3,4)13-10-12(7-8-14(13)22-15)6-5-9-17-23(18,19)20/h7-8,10-11,15,17H,5-6,9H2,1-4H3,(H,18,19,20). The number of rotatable bonds is 7. The van der Waals surface area contributed by atoms with Crippen LogP contribution < -0.4 is 9.46 Å². The lowest BCUT2D eigenvalue weighted by Gasteiger charge is -2.27. The van der Waals surface area contributed by atoms with Crippen molar-refractivity contribution in [1.82, 2.24) is 4.72 Å². The van der Waals surface area contributed by atoms with Gasteiger partial charge in [0, 0.05) is 12.1 Å². The average molecular weight is 343 g/mol. The molecule has 1 aliphatic rings. The van der Waals surface area contributed by atoms with Gasteiger partial charge in [-0.25, -0.2) is 0 Å². The second kappa shape index (κ2) is 6.76. The van der Waals surface area contributed by atoms with Crippen LogP contribution in [0.25, 0.3) is 0 Å². The molecule has 1 atom stereocenters. The molecule has 0 bridgehead atoms. The Morgan fingerprint density at radius 1 is 1.39 bits per heavy atom. The third-order valence-corrected chi connectivity index (χ3v) is 4.45. The second-order valence-corrected chi connectivity index (χ2v) is 7.90. The topological polar surface area (TPSA) is 84.9 Å². The Morgan fingerprint density at radius 3 is 2.70 bits per heavy atom. The fraction of sp³-hybridized carbons (Fsp3) is 0.625. The van der Waals surface area contributed by atoms with Gasteiger partial charge in [0.15, 0.2) is 0 Å². The fourth-order valence-electron chi connectivity index (χ4n) is 2.67. The number of aryl methyl sites for hydroxylation is 1. The zero-order valence-corrected chi connectivity index (χ0v) is 14.8. The van der Waals surface area contributed by atoms with E-state index in [4.69, 9.17) is 14.0 Å². The van der Waals surface area contributed by atoms with E-state index in [-0.39, 0.29) is 24.4 Å². The summed E-state index contributed by atoms with van der Waals surface area (Å²) in [5.74, 6) is 0.834. The summed E-state index contributed by atoms with van der Waals surface area (Å²) < 4.78 is 43.7. The molecule has 0 aliphatic carbocycles. The maximum absolute atomic E-state index is 10.6. The lowest BCUT2D eigenvalue weighted by atomic mass is 9.84. The molecule has 130 valence electrons. The summed E-state index contributed by atoms with van der Waals surface area (Å²) in [5.41, 5.74) is 1.95. The molecule has 1 aliphatic heterocycles. The zero-order chi connectivity index (χ0) is 17.3. The molecule has 2 N–H and O–H groups in total. The Bertz CT molecular complexity index is 654. The van der Waals surface area contributed by atoms with Gasteiger partial charge < -0.3 is 9.47 Å². The highest BCUT2D eigenvalue weighted by Gasteiger charge is 2.43. The molecular formula is C16H25NO5S. The summed E-state index contributed by atoms with van der Waals surface area (Å²) in [5, 5.41) is 0. The van der Waals surface area contributed by atoms with E-state index < -0.39 is 10.3 Å². The molecule has 1 aromatic rings. The zero-order valence-electron chi connectivity index (χ0n) is 14.0. The van der Waals surface area contributed by atoms with Crippen LogP contribution >= 0.6 is 0 Å². The molecule has 1 unspecified atom stereocenters. The first-order valence-corrected chi connectivity index (χ1v) is 9.21. The van der Waals surface area contributed by atoms with Crippen molar-refractivity contribution in [3.63, 3.8) is 0 Å². The molecule has 0 fully saturated rings. The third-order valence-electron chi connectivity index (χ3n) is 3.88. The van der Waals surface area contributed by atoms with Crippen LogP contribution in [0.2, 0.25) is 0 Å². The van der Waals surface area contributed by atoms with Gasteiger partial charge in [0.2, 0.25) is 6.29 Å². The van der Waals surface area contributed by atoms with Crippen molar-refractivity contribution in [3.05, 3.63) is 29.3 Å². The van der Waals surface area contributed by atoms with Crippen LogP contribution in [0.15, 0.2) is 18.2 Å². The highest BCUT2D eigenvalue weighted by molar-refractivity contribution is 7.83. The van der Waals surface area contributed by atoms with Crippen LogP contribution in [0.4, 0.5) is 0 Å². The molecule has 23 heavy (non-hydrogen) atoms. The Balaban J connectivity index is 2.03. The van der Waals surface area contributed by atoms with Gasteiger partial charge in [-0.3, -0.25) is 4.55 Å². The summed E-state index contributed by atoms with van der Waals surface area (Å²) in [6.45, 7) is 8.35. The summed E-state index contributed by atoms with van der Waals surface area (Å²) >= 11 is 0. The molecule has 1 heterocycles. The molecule has 0 saturated heterocycles. The molecule has 7 heteroatoms. The lowest BCUT2D eigenvalue weighted by Crippen LogP contribution is -2.36. The highest BCUT2D eigenvalue weighted by Crippen LogP contribution is 2.44. The Kier molecular flexibility index (Phi) is 5.35. The number of benzene rings is 1. The SMILES string of the molecule is CC(C)OC1Oc2ccc(CCCNS(=O)(=O)O)cc2C1(C)C. The van der Waals surface area contributed by atoms with E-state index in [9.17, 15) is 8.42 Å². The van der Waals surface area contributed by atoms with Crippen molar-refractivity contribution in [2.45, 2.75) is 58.3 Å². The Morgan fingerprint density at radius 2 is 2.09 bits per heavy atom. The van der Waals surface area contributed by atoms with E-state index >= 15 is 0 Å². The number of hydrogen-bond donors (Lipinski definition) is 2. The molecule has 0 saturated carbocycles. The van der Waals surface area contributed by atoms with Crippen molar-refractivity contribution in [2.24, 2.45) is 0 Å². The predicted octanol–water partition coefficient (Wildman–Crippen LogP) is 2.43. The number of ether oxygens (including phenoxy) is 2. The van der Waals surface area contributed by atoms with E-state index in [1.54, 1.807) is 0 Å². The highest BCUT2D eigenvalue weighted by atomic mass is 32.2. The average Bonchev–Trinajstić information content (AvgIpc) is 2.65. The molecule has 0 radical (unpaired) electrons. The van der Waals surface area contributed by atoms with Gasteiger partial charge >= 0.3 is 10.3 Å². The van der Waals surface area contributed by atoms with Crippen LogP contribution in [0, 0.1) is 0 Å². The minimum absolute atomic E-state index is 0.0829. The molecule has 0 spiro atoms. The number of nitrogens with one attached hydrogen (secondary N) is 1. The van der Waals surface area contributed by atoms with Crippen LogP contribution in [-0.2, 0) is 26.9 Å². The molecule has 0 amide bonds. The maximum Gasteiger partial charge on any atom is 0.333 e. The quantitative estimate of drug-likeness (QED) is 0.587. The largest absolute Gasteiger partial charge is 0.464 e. The van der Waals surface area contributed by atoms with Crippen molar-refractivity contribution < 1.29 is 22.4 Å². The van der Waals surface area contributed by atoms with Gasteiger partial charge in [-0.2, -0.15) is 13.1 Å². The predicted molar refractivity (Wildman–Crippen MR) is 88.0 cm³/mol. The Labute approximate surface area is 138 Å². The van der Waals surface area contributed by atoms with Crippen molar-refractivity contribution in [1.29, 1.82) is 0 Å². The van der Waals surface area contributed by atoms with Gasteiger partial charge in [0.25, 0.3) is 0 Å². The maximum atomic E-state index is 10.6. The van der Waals surface area contributed by atoms with Crippen molar-refractivity contribution >= 4 is 10.3 Å². The van der Waals surface area contributed by atoms with Gasteiger partial charge in [0.1, 0.15) is 5.75 Å². The van der Waals surface area contributed by atoms with Gasteiger partial charge in [-0.05, 0) is 52.2 Å². The lowest BCUT2D eigenvalue weighted by molar-refractivity contribution is -0.128. The second-order valence-electron chi connectivity index (χ2n) is 6.66. The van der Waals surface area contributed by atoms with E-state index in [2.05, 4.69) is 24.6 Å². The van der Waals surface area contributed by atoms with Crippen LogP contribution in [0.3, 0.4) is 0 Å². The van der Waals surface area contributed by atoms with Crippen LogP contribution in [-0.4, -0.2) is 31.9 Å². The molecule has 6 nitrogen and oxygen atoms in total. The minimum atomic E-state index is -4.11. The van der Waals surface area contributed by atoms with Gasteiger partial charge in [0.05, 0.1) is 11.5 Å². The van der Waals surface area contributed by atoms with Crippen LogP contribution in [0.1, 0.15) is 45.2 Å². The molecular weight excluding hydrogens is 318 g/mol. The monoisotopic (exact) mass is 343 g/mol.